The molecule has 150 valence electrons. The van der Waals surface area contributed by atoms with Gasteiger partial charge in [0, 0.05) is 56.4 Å². The first kappa shape index (κ1) is 23.7. The first-order valence-corrected chi connectivity index (χ1v) is 10.2. The van der Waals surface area contributed by atoms with E-state index in [9.17, 15) is 0 Å². The molecule has 0 saturated carbocycles. The molecule has 1 aromatic carbocycles. The summed E-state index contributed by atoms with van der Waals surface area (Å²) in [5.41, 5.74) is 1.27. The van der Waals surface area contributed by atoms with Gasteiger partial charge in [-0.05, 0) is 38.8 Å². The van der Waals surface area contributed by atoms with E-state index in [4.69, 9.17) is 0 Å². The molecule has 0 unspecified atom stereocenters. The summed E-state index contributed by atoms with van der Waals surface area (Å²) in [5.74, 6) is 0.900. The standard InChI is InChI=1S/C20H31N5S.HI/c1-4-21-20(23-14-12-19-24-16-17(2)26-19)22-13-8-9-15-25(3)18-10-6-5-7-11-18;/h5-7,10-11,16H,4,8-9,12-15H2,1-3H3,(H2,21,22,23);1H. The molecule has 0 spiro atoms. The van der Waals surface area contributed by atoms with Gasteiger partial charge in [0.1, 0.15) is 0 Å². The number of aryl methyl sites for hydroxylation is 1. The van der Waals surface area contributed by atoms with Crippen LogP contribution in [0, 0.1) is 6.92 Å². The molecule has 0 atom stereocenters. The fourth-order valence-electron chi connectivity index (χ4n) is 2.61. The number of para-hydroxylation sites is 1. The van der Waals surface area contributed by atoms with Gasteiger partial charge in [0.25, 0.3) is 0 Å². The van der Waals surface area contributed by atoms with Crippen molar-refractivity contribution in [2.75, 3.05) is 38.1 Å². The molecule has 1 heterocycles. The lowest BCUT2D eigenvalue weighted by molar-refractivity contribution is 0.718. The van der Waals surface area contributed by atoms with Crippen LogP contribution < -0.4 is 15.5 Å². The molecule has 0 fully saturated rings. The second kappa shape index (κ2) is 13.8. The fraction of sp³-hybridized carbons (Fsp3) is 0.500. The van der Waals surface area contributed by atoms with E-state index in [0.29, 0.717) is 0 Å². The van der Waals surface area contributed by atoms with Crippen molar-refractivity contribution in [3.63, 3.8) is 0 Å². The van der Waals surface area contributed by atoms with Crippen LogP contribution in [0.15, 0.2) is 41.5 Å². The number of thiazole rings is 1. The second-order valence-corrected chi connectivity index (χ2v) is 7.59. The van der Waals surface area contributed by atoms with Crippen LogP contribution in [0.3, 0.4) is 0 Å². The monoisotopic (exact) mass is 501 g/mol. The summed E-state index contributed by atoms with van der Waals surface area (Å²) in [7, 11) is 2.14. The normalized spacial score (nSPS) is 11.0. The Hall–Kier alpha value is -1.35. The average Bonchev–Trinajstić information content (AvgIpc) is 3.07. The number of rotatable bonds is 10. The van der Waals surface area contributed by atoms with Gasteiger partial charge in [-0.15, -0.1) is 35.3 Å². The van der Waals surface area contributed by atoms with Gasteiger partial charge in [-0.25, -0.2) is 4.98 Å². The minimum Gasteiger partial charge on any atom is -0.375 e. The number of unbranched alkanes of at least 4 members (excludes halogenated alkanes) is 1. The van der Waals surface area contributed by atoms with Crippen LogP contribution in [0.1, 0.15) is 29.7 Å². The van der Waals surface area contributed by atoms with Crippen molar-refractivity contribution in [3.05, 3.63) is 46.4 Å². The summed E-state index contributed by atoms with van der Waals surface area (Å²) >= 11 is 1.76. The summed E-state index contributed by atoms with van der Waals surface area (Å²) in [5, 5.41) is 7.89. The number of halogens is 1. The SMILES string of the molecule is CCNC(=NCCCCN(C)c1ccccc1)NCCc1ncc(C)s1.I. The van der Waals surface area contributed by atoms with E-state index in [1.165, 1.54) is 15.6 Å². The van der Waals surface area contributed by atoms with Crippen LogP contribution in [0.5, 0.6) is 0 Å². The molecule has 0 aliphatic rings. The van der Waals surface area contributed by atoms with Gasteiger partial charge >= 0.3 is 0 Å². The third kappa shape index (κ3) is 9.41. The third-order valence-corrected chi connectivity index (χ3v) is 4.99. The fourth-order valence-corrected chi connectivity index (χ4v) is 3.40. The molecule has 0 saturated heterocycles. The lowest BCUT2D eigenvalue weighted by Crippen LogP contribution is -2.38. The Morgan fingerprint density at radius 1 is 1.19 bits per heavy atom. The highest BCUT2D eigenvalue weighted by molar-refractivity contribution is 14.0. The first-order valence-electron chi connectivity index (χ1n) is 9.38. The zero-order valence-electron chi connectivity index (χ0n) is 16.6. The van der Waals surface area contributed by atoms with Gasteiger partial charge in [-0.2, -0.15) is 0 Å². The van der Waals surface area contributed by atoms with Gasteiger partial charge in [0.15, 0.2) is 5.96 Å². The van der Waals surface area contributed by atoms with Crippen LogP contribution in [-0.4, -0.2) is 44.2 Å². The maximum absolute atomic E-state index is 4.68. The molecular formula is C20H32IN5S. The Labute approximate surface area is 184 Å². The molecule has 2 rings (SSSR count). The highest BCUT2D eigenvalue weighted by atomic mass is 127. The largest absolute Gasteiger partial charge is 0.375 e. The van der Waals surface area contributed by atoms with E-state index < -0.39 is 0 Å². The molecule has 2 aromatic rings. The van der Waals surface area contributed by atoms with E-state index >= 15 is 0 Å². The number of aliphatic imine (C=N–C) groups is 1. The van der Waals surface area contributed by atoms with Crippen molar-refractivity contribution in [2.24, 2.45) is 4.99 Å². The number of benzene rings is 1. The highest BCUT2D eigenvalue weighted by Crippen LogP contribution is 2.12. The number of hydrogen-bond donors (Lipinski definition) is 2. The van der Waals surface area contributed by atoms with E-state index in [1.807, 2.05) is 6.20 Å². The second-order valence-electron chi connectivity index (χ2n) is 6.27. The predicted octanol–water partition coefficient (Wildman–Crippen LogP) is 4.08. The number of nitrogens with zero attached hydrogens (tertiary/aromatic N) is 3. The summed E-state index contributed by atoms with van der Waals surface area (Å²) < 4.78 is 0. The minimum atomic E-state index is 0. The van der Waals surface area contributed by atoms with E-state index in [2.05, 4.69) is 76.7 Å². The topological polar surface area (TPSA) is 52.6 Å². The van der Waals surface area contributed by atoms with Gasteiger partial charge in [-0.3, -0.25) is 4.99 Å². The number of anilines is 1. The van der Waals surface area contributed by atoms with Crippen molar-refractivity contribution in [1.29, 1.82) is 0 Å². The summed E-state index contributed by atoms with van der Waals surface area (Å²) in [6, 6.07) is 10.5. The van der Waals surface area contributed by atoms with Crippen LogP contribution >= 0.6 is 35.3 Å². The van der Waals surface area contributed by atoms with Crippen LogP contribution in [0.2, 0.25) is 0 Å². The molecule has 0 aliphatic heterocycles. The van der Waals surface area contributed by atoms with Crippen LogP contribution in [-0.2, 0) is 6.42 Å². The van der Waals surface area contributed by atoms with Gasteiger partial charge in [0.05, 0.1) is 5.01 Å². The molecule has 2 N–H and O–H groups in total. The Morgan fingerprint density at radius 3 is 2.63 bits per heavy atom. The van der Waals surface area contributed by atoms with Gasteiger partial charge < -0.3 is 15.5 Å². The summed E-state index contributed by atoms with van der Waals surface area (Å²) in [6.45, 7) is 7.81. The number of aromatic nitrogens is 1. The molecule has 0 radical (unpaired) electrons. The Bertz CT molecular complexity index is 659. The van der Waals surface area contributed by atoms with Crippen molar-refractivity contribution in [1.82, 2.24) is 15.6 Å². The molecule has 0 aliphatic carbocycles. The lowest BCUT2D eigenvalue weighted by Gasteiger charge is -2.18. The first-order chi connectivity index (χ1) is 12.7. The average molecular weight is 501 g/mol. The Kier molecular flexibility index (Phi) is 12.1. The van der Waals surface area contributed by atoms with Crippen molar-refractivity contribution >= 4 is 47.0 Å². The quantitative estimate of drug-likeness (QED) is 0.223. The zero-order valence-corrected chi connectivity index (χ0v) is 19.7. The third-order valence-electron chi connectivity index (χ3n) is 4.01. The van der Waals surface area contributed by atoms with Crippen molar-refractivity contribution < 1.29 is 0 Å². The number of nitrogens with one attached hydrogen (secondary N) is 2. The molecule has 5 nitrogen and oxygen atoms in total. The maximum atomic E-state index is 4.68. The predicted molar refractivity (Wildman–Crippen MR) is 129 cm³/mol. The van der Waals surface area contributed by atoms with Crippen molar-refractivity contribution in [2.45, 2.75) is 33.1 Å². The van der Waals surface area contributed by atoms with Crippen molar-refractivity contribution in [3.8, 4) is 0 Å². The van der Waals surface area contributed by atoms with Crippen LogP contribution in [0.4, 0.5) is 5.69 Å². The molecule has 0 amide bonds. The maximum Gasteiger partial charge on any atom is 0.191 e. The van der Waals surface area contributed by atoms with Crippen LogP contribution in [0.25, 0.3) is 0 Å². The molecule has 7 heteroatoms. The summed E-state index contributed by atoms with van der Waals surface area (Å²) in [6.07, 6.45) is 5.09. The highest BCUT2D eigenvalue weighted by Gasteiger charge is 2.02. The van der Waals surface area contributed by atoms with Gasteiger partial charge in [0.2, 0.25) is 0 Å². The minimum absolute atomic E-state index is 0. The molecule has 27 heavy (non-hydrogen) atoms. The summed E-state index contributed by atoms with van der Waals surface area (Å²) in [4.78, 5) is 12.6. The Balaban J connectivity index is 0.00000364. The number of guanidine groups is 1. The van der Waals surface area contributed by atoms with E-state index in [1.54, 1.807) is 11.3 Å². The van der Waals surface area contributed by atoms with E-state index in [-0.39, 0.29) is 24.0 Å². The molecule has 1 aromatic heterocycles. The molecule has 0 bridgehead atoms. The zero-order chi connectivity index (χ0) is 18.6. The number of hydrogen-bond acceptors (Lipinski definition) is 4. The smallest absolute Gasteiger partial charge is 0.191 e. The molecular weight excluding hydrogens is 469 g/mol. The van der Waals surface area contributed by atoms with Gasteiger partial charge in [-0.1, -0.05) is 18.2 Å². The lowest BCUT2D eigenvalue weighted by atomic mass is 10.2. The van der Waals surface area contributed by atoms with E-state index in [0.717, 1.165) is 51.4 Å². The Morgan fingerprint density at radius 2 is 1.96 bits per heavy atom.